The molecule has 0 atom stereocenters. The van der Waals surface area contributed by atoms with Crippen LogP contribution < -0.4 is 4.74 Å². The van der Waals surface area contributed by atoms with Crippen LogP contribution in [-0.2, 0) is 0 Å². The molecule has 0 unspecified atom stereocenters. The summed E-state index contributed by atoms with van der Waals surface area (Å²) in [7, 11) is 1.62. The van der Waals surface area contributed by atoms with Crippen molar-refractivity contribution in [3.05, 3.63) is 50.9 Å². The van der Waals surface area contributed by atoms with Gasteiger partial charge in [-0.15, -0.1) is 0 Å². The van der Waals surface area contributed by atoms with Crippen LogP contribution in [0.15, 0.2) is 45.3 Å². The van der Waals surface area contributed by atoms with Gasteiger partial charge in [0.05, 0.1) is 7.11 Å². The van der Waals surface area contributed by atoms with E-state index in [9.17, 15) is 4.79 Å². The van der Waals surface area contributed by atoms with Crippen molar-refractivity contribution in [2.45, 2.75) is 0 Å². The quantitative estimate of drug-likeness (QED) is 0.733. The predicted molar refractivity (Wildman–Crippen MR) is 79.2 cm³/mol. The smallest absolute Gasteiger partial charge is 0.150 e. The van der Waals surface area contributed by atoms with Crippen LogP contribution in [0.3, 0.4) is 0 Å². The first kappa shape index (κ1) is 13.3. The molecule has 2 aromatic carbocycles. The number of carbonyl (C=O) groups excluding carboxylic acids is 1. The maximum Gasteiger partial charge on any atom is 0.150 e. The van der Waals surface area contributed by atoms with Crippen molar-refractivity contribution in [2.24, 2.45) is 0 Å². The van der Waals surface area contributed by atoms with Crippen molar-refractivity contribution in [3.63, 3.8) is 0 Å². The van der Waals surface area contributed by atoms with E-state index in [4.69, 9.17) is 4.74 Å². The summed E-state index contributed by atoms with van der Waals surface area (Å²) in [4.78, 5) is 11.1. The maximum atomic E-state index is 11.1. The molecule has 0 aliphatic heterocycles. The first-order valence-electron chi connectivity index (χ1n) is 5.24. The zero-order valence-electron chi connectivity index (χ0n) is 9.61. The first-order chi connectivity index (χ1) is 8.65. The van der Waals surface area contributed by atoms with Crippen molar-refractivity contribution < 1.29 is 9.53 Å². The second-order valence-corrected chi connectivity index (χ2v) is 5.53. The number of benzene rings is 2. The Kier molecular flexibility index (Phi) is 4.19. The molecule has 2 nitrogen and oxygen atoms in total. The van der Waals surface area contributed by atoms with Crippen LogP contribution in [0.1, 0.15) is 10.4 Å². The normalized spacial score (nSPS) is 10.2. The molecule has 92 valence electrons. The summed E-state index contributed by atoms with van der Waals surface area (Å²) >= 11 is 6.76. The summed E-state index contributed by atoms with van der Waals surface area (Å²) in [5, 5.41) is 0. The SMILES string of the molecule is COc1cc(Br)ccc1-c1ccc(Br)cc1C=O. The Labute approximate surface area is 122 Å². The van der Waals surface area contributed by atoms with Crippen LogP contribution >= 0.6 is 31.9 Å². The lowest BCUT2D eigenvalue weighted by Crippen LogP contribution is -1.92. The van der Waals surface area contributed by atoms with Crippen molar-refractivity contribution in [1.82, 2.24) is 0 Å². The molecule has 18 heavy (non-hydrogen) atoms. The Balaban J connectivity index is 2.65. The third-order valence-electron chi connectivity index (χ3n) is 2.59. The average Bonchev–Trinajstić information content (AvgIpc) is 2.38. The molecule has 0 aromatic heterocycles. The standard InChI is InChI=1S/C14H10Br2O2/c1-18-14-7-11(16)3-5-13(14)12-4-2-10(15)6-9(12)8-17/h2-8H,1H3. The molecular weight excluding hydrogens is 360 g/mol. The van der Waals surface area contributed by atoms with Crippen molar-refractivity contribution in [3.8, 4) is 16.9 Å². The van der Waals surface area contributed by atoms with Crippen LogP contribution in [-0.4, -0.2) is 13.4 Å². The minimum Gasteiger partial charge on any atom is -0.496 e. The molecular formula is C14H10Br2O2. The zero-order chi connectivity index (χ0) is 13.1. The maximum absolute atomic E-state index is 11.1. The summed E-state index contributed by atoms with van der Waals surface area (Å²) in [5.74, 6) is 0.731. The lowest BCUT2D eigenvalue weighted by atomic mass is 10.00. The van der Waals surface area contributed by atoms with Crippen LogP contribution in [0.4, 0.5) is 0 Å². The molecule has 0 aliphatic carbocycles. The predicted octanol–water partition coefficient (Wildman–Crippen LogP) is 4.70. The third kappa shape index (κ3) is 2.65. The minimum absolute atomic E-state index is 0.630. The summed E-state index contributed by atoms with van der Waals surface area (Å²) in [5.41, 5.74) is 2.39. The highest BCUT2D eigenvalue weighted by atomic mass is 79.9. The highest BCUT2D eigenvalue weighted by molar-refractivity contribution is 9.10. The fourth-order valence-corrected chi connectivity index (χ4v) is 2.48. The summed E-state index contributed by atoms with van der Waals surface area (Å²) in [6.45, 7) is 0. The van der Waals surface area contributed by atoms with E-state index in [-0.39, 0.29) is 0 Å². The number of rotatable bonds is 3. The Morgan fingerprint density at radius 1 is 1.00 bits per heavy atom. The third-order valence-corrected chi connectivity index (χ3v) is 3.58. The molecule has 0 aliphatic rings. The van der Waals surface area contributed by atoms with Crippen LogP contribution in [0.25, 0.3) is 11.1 Å². The lowest BCUT2D eigenvalue weighted by Gasteiger charge is -2.11. The second kappa shape index (κ2) is 5.67. The second-order valence-electron chi connectivity index (χ2n) is 3.69. The van der Waals surface area contributed by atoms with Crippen molar-refractivity contribution in [2.75, 3.05) is 7.11 Å². The number of hydrogen-bond acceptors (Lipinski definition) is 2. The van der Waals surface area contributed by atoms with Gasteiger partial charge in [0.15, 0.2) is 6.29 Å². The Hall–Kier alpha value is -1.13. The Morgan fingerprint density at radius 2 is 1.61 bits per heavy atom. The summed E-state index contributed by atoms with van der Waals surface area (Å²) in [6.07, 6.45) is 0.849. The van der Waals surface area contributed by atoms with Crippen molar-refractivity contribution >= 4 is 38.1 Å². The van der Waals surface area contributed by atoms with Crippen molar-refractivity contribution in [1.29, 1.82) is 0 Å². The molecule has 0 saturated heterocycles. The molecule has 0 radical (unpaired) electrons. The van der Waals surface area contributed by atoms with Crippen LogP contribution in [0, 0.1) is 0 Å². The van der Waals surface area contributed by atoms with Gasteiger partial charge in [-0.2, -0.15) is 0 Å². The van der Waals surface area contributed by atoms with Gasteiger partial charge in [0, 0.05) is 20.1 Å². The number of methoxy groups -OCH3 is 1. The fraction of sp³-hybridized carbons (Fsp3) is 0.0714. The van der Waals surface area contributed by atoms with Gasteiger partial charge in [-0.1, -0.05) is 37.9 Å². The largest absolute Gasteiger partial charge is 0.496 e. The van der Waals surface area contributed by atoms with Gasteiger partial charge in [0.2, 0.25) is 0 Å². The molecule has 2 aromatic rings. The van der Waals surface area contributed by atoms with E-state index in [2.05, 4.69) is 31.9 Å². The Bertz CT molecular complexity index is 594. The van der Waals surface area contributed by atoms with Gasteiger partial charge in [-0.3, -0.25) is 4.79 Å². The monoisotopic (exact) mass is 368 g/mol. The minimum atomic E-state index is 0.630. The highest BCUT2D eigenvalue weighted by Gasteiger charge is 2.10. The molecule has 4 heteroatoms. The number of aldehydes is 1. The first-order valence-corrected chi connectivity index (χ1v) is 6.83. The molecule has 0 spiro atoms. The highest BCUT2D eigenvalue weighted by Crippen LogP contribution is 2.34. The van der Waals surface area contributed by atoms with Crippen LogP contribution in [0.5, 0.6) is 5.75 Å². The molecule has 0 fully saturated rings. The molecule has 0 heterocycles. The van der Waals surface area contributed by atoms with Gasteiger partial charge in [0.1, 0.15) is 5.75 Å². The molecule has 0 N–H and O–H groups in total. The van der Waals surface area contributed by atoms with E-state index in [0.29, 0.717) is 5.56 Å². The van der Waals surface area contributed by atoms with E-state index in [1.807, 2.05) is 30.3 Å². The molecule has 0 amide bonds. The van der Waals surface area contributed by atoms with E-state index in [1.54, 1.807) is 13.2 Å². The molecule has 0 bridgehead atoms. The number of ether oxygens (including phenoxy) is 1. The topological polar surface area (TPSA) is 26.3 Å². The fourth-order valence-electron chi connectivity index (χ4n) is 1.76. The number of carbonyl (C=O) groups is 1. The van der Waals surface area contributed by atoms with E-state index in [1.165, 1.54) is 0 Å². The van der Waals surface area contributed by atoms with Crippen LogP contribution in [0.2, 0.25) is 0 Å². The molecule has 2 rings (SSSR count). The van der Waals surface area contributed by atoms with Gasteiger partial charge >= 0.3 is 0 Å². The lowest BCUT2D eigenvalue weighted by molar-refractivity contribution is 0.112. The van der Waals surface area contributed by atoms with E-state index < -0.39 is 0 Å². The van der Waals surface area contributed by atoms with E-state index >= 15 is 0 Å². The number of halogens is 2. The summed E-state index contributed by atoms with van der Waals surface area (Å²) < 4.78 is 7.17. The Morgan fingerprint density at radius 3 is 2.22 bits per heavy atom. The molecule has 0 saturated carbocycles. The summed E-state index contributed by atoms with van der Waals surface area (Å²) in [6, 6.07) is 11.3. The number of hydrogen-bond donors (Lipinski definition) is 0. The van der Waals surface area contributed by atoms with Gasteiger partial charge < -0.3 is 4.74 Å². The average molecular weight is 370 g/mol. The van der Waals surface area contributed by atoms with Gasteiger partial charge in [-0.25, -0.2) is 0 Å². The van der Waals surface area contributed by atoms with E-state index in [0.717, 1.165) is 32.1 Å². The van der Waals surface area contributed by atoms with Gasteiger partial charge in [0.25, 0.3) is 0 Å². The van der Waals surface area contributed by atoms with Gasteiger partial charge in [-0.05, 0) is 35.9 Å². The zero-order valence-corrected chi connectivity index (χ0v) is 12.8.